The van der Waals surface area contributed by atoms with E-state index >= 15 is 0 Å². The Kier molecular flexibility index (Phi) is 3.74. The van der Waals surface area contributed by atoms with Gasteiger partial charge in [0, 0.05) is 19.2 Å². The quantitative estimate of drug-likeness (QED) is 0.857. The lowest BCUT2D eigenvalue weighted by Gasteiger charge is -2.34. The second kappa shape index (κ2) is 5.10. The molecule has 1 aromatic carbocycles. The van der Waals surface area contributed by atoms with Crippen molar-refractivity contribution in [1.82, 2.24) is 4.90 Å². The highest BCUT2D eigenvalue weighted by Crippen LogP contribution is 2.19. The number of β-amino-alcohol motifs (C(OH)–C–C–N with tert-alkyl or cyclic N) is 1. The van der Waals surface area contributed by atoms with Gasteiger partial charge in [0.05, 0.1) is 6.10 Å². The van der Waals surface area contributed by atoms with Crippen LogP contribution in [0, 0.1) is 17.6 Å². The lowest BCUT2D eigenvalue weighted by molar-refractivity contribution is 0.0258. The van der Waals surface area contributed by atoms with E-state index in [1.54, 1.807) is 0 Å². The van der Waals surface area contributed by atoms with Crippen molar-refractivity contribution in [2.24, 2.45) is 5.92 Å². The molecule has 1 aliphatic heterocycles. The maximum atomic E-state index is 13.0. The number of aliphatic hydroxyl groups is 1. The van der Waals surface area contributed by atoms with E-state index in [0.29, 0.717) is 24.6 Å². The highest BCUT2D eigenvalue weighted by atomic mass is 19.1. The summed E-state index contributed by atoms with van der Waals surface area (Å²) in [4.78, 5) is 2.03. The summed E-state index contributed by atoms with van der Waals surface area (Å²) in [5.41, 5.74) is 0.615. The van der Waals surface area contributed by atoms with Gasteiger partial charge >= 0.3 is 0 Å². The largest absolute Gasteiger partial charge is 0.392 e. The van der Waals surface area contributed by atoms with Crippen LogP contribution in [-0.4, -0.2) is 29.2 Å². The van der Waals surface area contributed by atoms with Crippen LogP contribution in [0.25, 0.3) is 0 Å². The molecule has 1 heterocycles. The molecule has 0 bridgehead atoms. The number of rotatable bonds is 2. The predicted molar refractivity (Wildman–Crippen MR) is 61.4 cm³/mol. The third kappa shape index (κ3) is 3.23. The standard InChI is InChI=1S/C13H17F2NO/c1-9-2-3-16(8-13(9)17)7-10-4-11(14)6-12(15)5-10/h4-6,9,13,17H,2-3,7-8H2,1H3/t9-,13-/m0/s1. The minimum atomic E-state index is -0.550. The number of aliphatic hydroxyl groups excluding tert-OH is 1. The summed E-state index contributed by atoms with van der Waals surface area (Å²) in [6.07, 6.45) is 0.570. The molecule has 2 atom stereocenters. The van der Waals surface area contributed by atoms with Crippen LogP contribution >= 0.6 is 0 Å². The van der Waals surface area contributed by atoms with Crippen LogP contribution in [0.15, 0.2) is 18.2 Å². The molecule has 0 unspecified atom stereocenters. The lowest BCUT2D eigenvalue weighted by atomic mass is 9.96. The van der Waals surface area contributed by atoms with Crippen molar-refractivity contribution in [2.75, 3.05) is 13.1 Å². The maximum Gasteiger partial charge on any atom is 0.126 e. The smallest absolute Gasteiger partial charge is 0.126 e. The van der Waals surface area contributed by atoms with Crippen LogP contribution in [0.3, 0.4) is 0 Å². The summed E-state index contributed by atoms with van der Waals surface area (Å²) in [5.74, 6) is -0.799. The van der Waals surface area contributed by atoms with Gasteiger partial charge in [-0.15, -0.1) is 0 Å². The van der Waals surface area contributed by atoms with Gasteiger partial charge in [0.1, 0.15) is 11.6 Å². The van der Waals surface area contributed by atoms with Gasteiger partial charge in [0.25, 0.3) is 0 Å². The zero-order valence-corrected chi connectivity index (χ0v) is 9.87. The fourth-order valence-electron chi connectivity index (χ4n) is 2.22. The highest BCUT2D eigenvalue weighted by Gasteiger charge is 2.24. The summed E-state index contributed by atoms with van der Waals surface area (Å²) in [5, 5.41) is 9.75. The summed E-state index contributed by atoms with van der Waals surface area (Å²) in [6, 6.07) is 3.55. The van der Waals surface area contributed by atoms with Crippen LogP contribution in [0.4, 0.5) is 8.78 Å². The molecule has 1 aliphatic rings. The lowest BCUT2D eigenvalue weighted by Crippen LogP contribution is -2.42. The van der Waals surface area contributed by atoms with E-state index in [2.05, 4.69) is 0 Å². The first-order chi connectivity index (χ1) is 8.04. The Bertz CT molecular complexity index is 377. The number of hydrogen-bond acceptors (Lipinski definition) is 2. The molecule has 0 amide bonds. The molecule has 2 nitrogen and oxygen atoms in total. The van der Waals surface area contributed by atoms with Crippen molar-refractivity contribution in [1.29, 1.82) is 0 Å². The number of piperidine rings is 1. The highest BCUT2D eigenvalue weighted by molar-refractivity contribution is 5.17. The zero-order valence-electron chi connectivity index (χ0n) is 9.87. The molecule has 94 valence electrons. The Labute approximate surface area is 99.9 Å². The van der Waals surface area contributed by atoms with Gasteiger partial charge < -0.3 is 5.11 Å². The number of nitrogens with zero attached hydrogens (tertiary/aromatic N) is 1. The average molecular weight is 241 g/mol. The van der Waals surface area contributed by atoms with E-state index in [9.17, 15) is 13.9 Å². The molecule has 17 heavy (non-hydrogen) atoms. The molecule has 0 radical (unpaired) electrons. The molecule has 0 aromatic heterocycles. The van der Waals surface area contributed by atoms with Crippen LogP contribution in [0.5, 0.6) is 0 Å². The van der Waals surface area contributed by atoms with Gasteiger partial charge in [-0.05, 0) is 36.6 Å². The summed E-state index contributed by atoms with van der Waals surface area (Å²) in [6.45, 7) is 3.93. The van der Waals surface area contributed by atoms with Crippen molar-refractivity contribution < 1.29 is 13.9 Å². The molecular formula is C13H17F2NO. The monoisotopic (exact) mass is 241 g/mol. The molecule has 0 spiro atoms. The minimum Gasteiger partial charge on any atom is -0.392 e. The van der Waals surface area contributed by atoms with E-state index in [1.165, 1.54) is 12.1 Å². The molecular weight excluding hydrogens is 224 g/mol. The number of halogens is 2. The van der Waals surface area contributed by atoms with Gasteiger partial charge in [-0.3, -0.25) is 4.90 Å². The Balaban J connectivity index is 2.01. The first-order valence-electron chi connectivity index (χ1n) is 5.90. The molecule has 0 aliphatic carbocycles. The summed E-state index contributed by atoms with van der Waals surface area (Å²) < 4.78 is 26.0. The van der Waals surface area contributed by atoms with Crippen LogP contribution < -0.4 is 0 Å². The molecule has 0 saturated carbocycles. The Morgan fingerprint density at radius 2 is 1.94 bits per heavy atom. The van der Waals surface area contributed by atoms with Gasteiger partial charge in [0.2, 0.25) is 0 Å². The minimum absolute atomic E-state index is 0.301. The van der Waals surface area contributed by atoms with Gasteiger partial charge in [-0.25, -0.2) is 8.78 Å². The van der Waals surface area contributed by atoms with Crippen molar-refractivity contribution in [3.63, 3.8) is 0 Å². The molecule has 4 heteroatoms. The molecule has 1 fully saturated rings. The van der Waals surface area contributed by atoms with E-state index < -0.39 is 11.6 Å². The van der Waals surface area contributed by atoms with Crippen molar-refractivity contribution >= 4 is 0 Å². The summed E-state index contributed by atoms with van der Waals surface area (Å²) in [7, 11) is 0. The maximum absolute atomic E-state index is 13.0. The van der Waals surface area contributed by atoms with E-state index in [0.717, 1.165) is 19.0 Å². The van der Waals surface area contributed by atoms with Gasteiger partial charge in [-0.1, -0.05) is 6.92 Å². The number of likely N-dealkylation sites (tertiary alicyclic amines) is 1. The Morgan fingerprint density at radius 3 is 2.53 bits per heavy atom. The molecule has 1 saturated heterocycles. The topological polar surface area (TPSA) is 23.5 Å². The van der Waals surface area contributed by atoms with Crippen molar-refractivity contribution in [3.8, 4) is 0 Å². The van der Waals surface area contributed by atoms with E-state index in [4.69, 9.17) is 0 Å². The third-order valence-electron chi connectivity index (χ3n) is 3.33. The first-order valence-corrected chi connectivity index (χ1v) is 5.90. The zero-order chi connectivity index (χ0) is 12.4. The van der Waals surface area contributed by atoms with Crippen LogP contribution in [0.2, 0.25) is 0 Å². The summed E-state index contributed by atoms with van der Waals surface area (Å²) >= 11 is 0. The van der Waals surface area contributed by atoms with Gasteiger partial charge in [-0.2, -0.15) is 0 Å². The average Bonchev–Trinajstić information content (AvgIpc) is 2.22. The van der Waals surface area contributed by atoms with E-state index in [1.807, 2.05) is 11.8 Å². The molecule has 1 aromatic rings. The fraction of sp³-hybridized carbons (Fsp3) is 0.538. The molecule has 1 N–H and O–H groups in total. The number of benzene rings is 1. The van der Waals surface area contributed by atoms with E-state index in [-0.39, 0.29) is 6.10 Å². The van der Waals surface area contributed by atoms with Crippen LogP contribution in [-0.2, 0) is 6.54 Å². The normalized spacial score (nSPS) is 26.1. The molecule has 2 rings (SSSR count). The Morgan fingerprint density at radius 1 is 1.29 bits per heavy atom. The van der Waals surface area contributed by atoms with Crippen molar-refractivity contribution in [3.05, 3.63) is 35.4 Å². The van der Waals surface area contributed by atoms with Crippen LogP contribution in [0.1, 0.15) is 18.9 Å². The second-order valence-electron chi connectivity index (χ2n) is 4.85. The fourth-order valence-corrected chi connectivity index (χ4v) is 2.22. The predicted octanol–water partition coefficient (Wildman–Crippen LogP) is 2.17. The second-order valence-corrected chi connectivity index (χ2v) is 4.85. The SMILES string of the molecule is C[C@H]1CCN(Cc2cc(F)cc(F)c2)C[C@@H]1O. The number of hydrogen-bond donors (Lipinski definition) is 1. The Hall–Kier alpha value is -1.00. The van der Waals surface area contributed by atoms with Crippen molar-refractivity contribution in [2.45, 2.75) is 26.0 Å². The van der Waals surface area contributed by atoms with Gasteiger partial charge in [0.15, 0.2) is 0 Å². The third-order valence-corrected chi connectivity index (χ3v) is 3.33. The first kappa shape index (κ1) is 12.5.